The zero-order valence-electron chi connectivity index (χ0n) is 20.5. The van der Waals surface area contributed by atoms with E-state index in [9.17, 15) is 14.4 Å². The van der Waals surface area contributed by atoms with Crippen molar-refractivity contribution >= 4 is 17.9 Å². The van der Waals surface area contributed by atoms with Gasteiger partial charge in [-0.05, 0) is 24.2 Å². The van der Waals surface area contributed by atoms with Gasteiger partial charge in [0.05, 0.1) is 17.9 Å². The minimum atomic E-state index is -1.94. The first kappa shape index (κ1) is 23.6. The van der Waals surface area contributed by atoms with Gasteiger partial charge in [0, 0.05) is 20.5 Å². The molecular formula is C23H30O12. The Morgan fingerprint density at radius 2 is 1.86 bits per heavy atom. The largest absolute Gasteiger partial charge is 0.465 e. The molecule has 6 aliphatic rings. The van der Waals surface area contributed by atoms with Gasteiger partial charge in [-0.3, -0.25) is 4.74 Å². The van der Waals surface area contributed by atoms with E-state index in [-0.39, 0.29) is 24.5 Å². The summed E-state index contributed by atoms with van der Waals surface area (Å²) >= 11 is 0. The summed E-state index contributed by atoms with van der Waals surface area (Å²) < 4.78 is 40.3. The number of methoxy groups -OCH3 is 2. The molecule has 0 bridgehead atoms. The van der Waals surface area contributed by atoms with E-state index in [0.29, 0.717) is 12.8 Å². The smallest absolute Gasteiger partial charge is 0.369 e. The molecular weight excluding hydrogens is 468 g/mol. The van der Waals surface area contributed by atoms with E-state index in [4.69, 9.17) is 42.9 Å². The lowest BCUT2D eigenvalue weighted by molar-refractivity contribution is -0.373. The van der Waals surface area contributed by atoms with Crippen molar-refractivity contribution in [3.8, 4) is 0 Å². The zero-order valence-corrected chi connectivity index (χ0v) is 20.5. The average Bonchev–Trinajstić information content (AvgIpc) is 3.54. The molecule has 4 aliphatic heterocycles. The molecule has 4 heterocycles. The summed E-state index contributed by atoms with van der Waals surface area (Å²) in [6.07, 6.45) is -1.91. The summed E-state index contributed by atoms with van der Waals surface area (Å²) in [6, 6.07) is 0. The Morgan fingerprint density at radius 1 is 1.11 bits per heavy atom. The quantitative estimate of drug-likeness (QED) is 0.236. The van der Waals surface area contributed by atoms with Gasteiger partial charge in [0.25, 0.3) is 5.79 Å². The summed E-state index contributed by atoms with van der Waals surface area (Å²) in [7, 11) is 2.65. The maximum absolute atomic E-state index is 13.8. The lowest BCUT2D eigenvalue weighted by atomic mass is 9.52. The third kappa shape index (κ3) is 2.25. The molecule has 0 aromatic heterocycles. The Bertz CT molecular complexity index is 1010. The highest BCUT2D eigenvalue weighted by atomic mass is 17.3. The number of rotatable bonds is 4. The fraction of sp³-hybridized carbons (Fsp3) is 0.870. The van der Waals surface area contributed by atoms with E-state index in [1.807, 2.05) is 0 Å². The molecule has 35 heavy (non-hydrogen) atoms. The molecule has 194 valence electrons. The van der Waals surface area contributed by atoms with Gasteiger partial charge in [-0.15, -0.1) is 0 Å². The van der Waals surface area contributed by atoms with E-state index in [1.165, 1.54) is 21.1 Å². The monoisotopic (exact) mass is 498 g/mol. The second-order valence-electron chi connectivity index (χ2n) is 11.4. The van der Waals surface area contributed by atoms with E-state index < -0.39 is 64.4 Å². The van der Waals surface area contributed by atoms with Crippen molar-refractivity contribution in [3.63, 3.8) is 0 Å². The molecule has 0 aromatic rings. The molecule has 9 atom stereocenters. The molecule has 0 N–H and O–H groups in total. The lowest BCUT2D eigenvalue weighted by Gasteiger charge is -2.47. The summed E-state index contributed by atoms with van der Waals surface area (Å²) in [5.74, 6) is -6.11. The Labute approximate surface area is 201 Å². The fourth-order valence-electron chi connectivity index (χ4n) is 8.15. The maximum atomic E-state index is 13.8. The van der Waals surface area contributed by atoms with Gasteiger partial charge in [0.2, 0.25) is 17.7 Å². The van der Waals surface area contributed by atoms with Crippen LogP contribution in [0.1, 0.15) is 47.0 Å². The molecule has 6 fully saturated rings. The van der Waals surface area contributed by atoms with Crippen LogP contribution >= 0.6 is 0 Å². The molecule has 0 amide bonds. The predicted octanol–water partition coefficient (Wildman–Crippen LogP) is 0.949. The molecule has 12 nitrogen and oxygen atoms in total. The maximum Gasteiger partial charge on any atom is 0.369 e. The Kier molecular flexibility index (Phi) is 4.53. The van der Waals surface area contributed by atoms with Crippen molar-refractivity contribution in [1.82, 2.24) is 0 Å². The van der Waals surface area contributed by atoms with Crippen LogP contribution in [0.25, 0.3) is 0 Å². The summed E-state index contributed by atoms with van der Waals surface area (Å²) in [5, 5.41) is 0. The van der Waals surface area contributed by atoms with Gasteiger partial charge in [-0.1, -0.05) is 20.8 Å². The van der Waals surface area contributed by atoms with Gasteiger partial charge >= 0.3 is 17.9 Å². The van der Waals surface area contributed by atoms with Gasteiger partial charge in [-0.2, -0.15) is 9.78 Å². The van der Waals surface area contributed by atoms with Crippen LogP contribution in [0.2, 0.25) is 0 Å². The van der Waals surface area contributed by atoms with Crippen LogP contribution in [0, 0.1) is 22.2 Å². The molecule has 6 rings (SSSR count). The van der Waals surface area contributed by atoms with Crippen LogP contribution in [0.5, 0.6) is 0 Å². The summed E-state index contributed by atoms with van der Waals surface area (Å²) in [5.41, 5.74) is -4.44. The summed E-state index contributed by atoms with van der Waals surface area (Å²) in [4.78, 5) is 50.5. The average molecular weight is 498 g/mol. The van der Waals surface area contributed by atoms with Crippen molar-refractivity contribution in [2.24, 2.45) is 22.2 Å². The van der Waals surface area contributed by atoms with Crippen LogP contribution < -0.4 is 0 Å². The minimum absolute atomic E-state index is 0.141. The first-order valence-electron chi connectivity index (χ1n) is 11.8. The van der Waals surface area contributed by atoms with Crippen molar-refractivity contribution in [2.45, 2.75) is 82.6 Å². The van der Waals surface area contributed by atoms with Crippen molar-refractivity contribution in [1.29, 1.82) is 0 Å². The van der Waals surface area contributed by atoms with Crippen LogP contribution in [0.3, 0.4) is 0 Å². The van der Waals surface area contributed by atoms with E-state index >= 15 is 0 Å². The number of hydrogen-bond donors (Lipinski definition) is 0. The minimum Gasteiger partial charge on any atom is -0.465 e. The first-order valence-corrected chi connectivity index (χ1v) is 11.8. The van der Waals surface area contributed by atoms with Crippen molar-refractivity contribution < 1.29 is 57.3 Å². The molecule has 0 radical (unpaired) electrons. The summed E-state index contributed by atoms with van der Waals surface area (Å²) in [6.45, 7) is 7.36. The van der Waals surface area contributed by atoms with Crippen molar-refractivity contribution in [3.05, 3.63) is 0 Å². The van der Waals surface area contributed by atoms with Crippen molar-refractivity contribution in [2.75, 3.05) is 21.0 Å². The van der Waals surface area contributed by atoms with Crippen LogP contribution in [-0.4, -0.2) is 74.6 Å². The predicted molar refractivity (Wildman–Crippen MR) is 108 cm³/mol. The molecule has 3 spiro atoms. The van der Waals surface area contributed by atoms with Gasteiger partial charge in [0.1, 0.15) is 12.9 Å². The lowest BCUT2D eigenvalue weighted by Crippen LogP contribution is -2.64. The van der Waals surface area contributed by atoms with Gasteiger partial charge < -0.3 is 28.4 Å². The fourth-order valence-corrected chi connectivity index (χ4v) is 8.15. The normalized spacial score (nSPS) is 51.4. The topological polar surface area (TPSA) is 134 Å². The standard InChI is InChI=1S/C23H30O12/c1-18(2,3)11-9-12-20-7-8-21(33-19(4,34-35-21)15(25)28-6)23(20,16(26)30-12)32-17-22(11,20)13(14(24)31-17)29-10-27-5/h11-13,17H,7-10H2,1-6H3/t11-,12+,13-,17-,19?,20?,21-,22?,23+/m0/s1. The molecule has 2 saturated carbocycles. The van der Waals surface area contributed by atoms with E-state index in [0.717, 1.165) is 0 Å². The van der Waals surface area contributed by atoms with E-state index in [1.54, 1.807) is 0 Å². The van der Waals surface area contributed by atoms with Crippen LogP contribution in [0.15, 0.2) is 0 Å². The molecule has 0 aromatic carbocycles. The van der Waals surface area contributed by atoms with E-state index in [2.05, 4.69) is 20.8 Å². The number of carbonyl (C=O) groups is 3. The molecule has 12 heteroatoms. The highest BCUT2D eigenvalue weighted by Crippen LogP contribution is 2.84. The number of hydrogen-bond acceptors (Lipinski definition) is 12. The second kappa shape index (κ2) is 6.73. The van der Waals surface area contributed by atoms with Crippen LogP contribution in [-0.2, 0) is 57.3 Å². The molecule has 4 saturated heterocycles. The molecule has 2 aliphatic carbocycles. The highest BCUT2D eigenvalue weighted by Gasteiger charge is 3.00. The Morgan fingerprint density at radius 3 is 2.51 bits per heavy atom. The SMILES string of the molecule is COCO[C@H]1C(=O)O[C@H]2O[C@]34C(=O)O[C@@H]5C[C@@H](C(C)(C)C)C21C53CC[C@]41OOC(C)(C(=O)OC)O1. The number of esters is 3. The number of carbonyl (C=O) groups excluding carboxylic acids is 3. The van der Waals surface area contributed by atoms with Gasteiger partial charge in [0.15, 0.2) is 6.10 Å². The third-order valence-electron chi connectivity index (χ3n) is 9.09. The van der Waals surface area contributed by atoms with Gasteiger partial charge in [-0.25, -0.2) is 14.4 Å². The highest BCUT2D eigenvalue weighted by molar-refractivity contribution is 5.90. The Hall–Kier alpha value is -1.83. The Balaban J connectivity index is 1.56. The second-order valence-corrected chi connectivity index (χ2v) is 11.4. The molecule has 3 unspecified atom stereocenters. The zero-order chi connectivity index (χ0) is 25.2. The first-order chi connectivity index (χ1) is 16.4. The third-order valence-corrected chi connectivity index (χ3v) is 9.09. The number of ether oxygens (including phenoxy) is 7. The van der Waals surface area contributed by atoms with Crippen LogP contribution in [0.4, 0.5) is 0 Å².